The second-order valence-electron chi connectivity index (χ2n) is 6.48. The van der Waals surface area contributed by atoms with E-state index in [0.29, 0.717) is 12.3 Å². The number of aliphatic hydroxyl groups is 1. The summed E-state index contributed by atoms with van der Waals surface area (Å²) in [6, 6.07) is 11.0. The summed E-state index contributed by atoms with van der Waals surface area (Å²) in [4.78, 5) is 14.9. The first-order valence-corrected chi connectivity index (χ1v) is 8.89. The van der Waals surface area contributed by atoms with Crippen molar-refractivity contribution in [3.05, 3.63) is 54.0 Å². The number of likely N-dealkylation sites (tertiary alicyclic amines) is 1. The Balaban J connectivity index is 1.74. The average Bonchev–Trinajstić information content (AvgIpc) is 3.05. The number of benzene rings is 1. The van der Waals surface area contributed by atoms with Crippen LogP contribution in [-0.2, 0) is 11.4 Å². The number of aliphatic hydroxyl groups excluding tert-OH is 1. The van der Waals surface area contributed by atoms with Gasteiger partial charge < -0.3 is 19.2 Å². The van der Waals surface area contributed by atoms with Crippen molar-refractivity contribution in [1.82, 2.24) is 4.90 Å². The molecule has 3 rings (SSSR count). The number of ether oxygens (including phenoxy) is 1. The Morgan fingerprint density at radius 2 is 2.20 bits per heavy atom. The molecule has 25 heavy (non-hydrogen) atoms. The van der Waals surface area contributed by atoms with E-state index in [0.717, 1.165) is 37.0 Å². The highest BCUT2D eigenvalue weighted by atomic mass is 16.5. The number of carbonyl (C=O) groups excluding carboxylic acids is 1. The van der Waals surface area contributed by atoms with Crippen molar-refractivity contribution < 1.29 is 19.1 Å². The highest BCUT2D eigenvalue weighted by Crippen LogP contribution is 2.31. The van der Waals surface area contributed by atoms with Gasteiger partial charge in [0.15, 0.2) is 6.10 Å². The van der Waals surface area contributed by atoms with Gasteiger partial charge in [0.1, 0.15) is 11.5 Å². The highest BCUT2D eigenvalue weighted by Gasteiger charge is 2.32. The summed E-state index contributed by atoms with van der Waals surface area (Å²) in [5.74, 6) is 1.40. The molecule has 1 amide bonds. The topological polar surface area (TPSA) is 62.9 Å². The van der Waals surface area contributed by atoms with E-state index in [9.17, 15) is 9.90 Å². The minimum Gasteiger partial charge on any atom is -0.481 e. The number of hydrogen-bond acceptors (Lipinski definition) is 4. The van der Waals surface area contributed by atoms with Crippen LogP contribution in [0, 0.1) is 0 Å². The molecule has 1 aromatic carbocycles. The summed E-state index contributed by atoms with van der Waals surface area (Å²) in [6.07, 6.45) is 5.17. The molecule has 1 aliphatic heterocycles. The zero-order valence-corrected chi connectivity index (χ0v) is 14.6. The van der Waals surface area contributed by atoms with E-state index in [4.69, 9.17) is 9.15 Å². The first kappa shape index (κ1) is 17.5. The maximum Gasteiger partial charge on any atom is 0.263 e. The van der Waals surface area contributed by atoms with Crippen molar-refractivity contribution in [3.63, 3.8) is 0 Å². The Morgan fingerprint density at radius 3 is 2.96 bits per heavy atom. The van der Waals surface area contributed by atoms with Gasteiger partial charge in [0.25, 0.3) is 5.91 Å². The number of nitrogens with zero attached hydrogens (tertiary/aromatic N) is 1. The Bertz CT molecular complexity index is 683. The van der Waals surface area contributed by atoms with E-state index in [1.54, 1.807) is 25.3 Å². The Morgan fingerprint density at radius 1 is 1.32 bits per heavy atom. The van der Waals surface area contributed by atoms with E-state index in [-0.39, 0.29) is 18.6 Å². The van der Waals surface area contributed by atoms with E-state index >= 15 is 0 Å². The van der Waals surface area contributed by atoms with Crippen LogP contribution in [0.25, 0.3) is 0 Å². The lowest BCUT2D eigenvalue weighted by atomic mass is 10.1. The third-order valence-corrected chi connectivity index (χ3v) is 4.65. The van der Waals surface area contributed by atoms with Crippen molar-refractivity contribution >= 4 is 5.91 Å². The van der Waals surface area contributed by atoms with Gasteiger partial charge in [-0.3, -0.25) is 4.79 Å². The van der Waals surface area contributed by atoms with Crippen LogP contribution < -0.4 is 4.74 Å². The van der Waals surface area contributed by atoms with Crippen LogP contribution >= 0.6 is 0 Å². The first-order chi connectivity index (χ1) is 12.2. The van der Waals surface area contributed by atoms with Crippen LogP contribution in [0.4, 0.5) is 0 Å². The summed E-state index contributed by atoms with van der Waals surface area (Å²) < 4.78 is 11.4. The van der Waals surface area contributed by atoms with Gasteiger partial charge in [-0.15, -0.1) is 0 Å². The number of furan rings is 1. The normalized spacial score (nSPS) is 19.3. The van der Waals surface area contributed by atoms with E-state index in [1.807, 2.05) is 29.2 Å². The van der Waals surface area contributed by atoms with Crippen LogP contribution in [0.1, 0.15) is 50.0 Å². The zero-order chi connectivity index (χ0) is 17.6. The molecule has 2 unspecified atom stereocenters. The summed E-state index contributed by atoms with van der Waals surface area (Å²) in [5.41, 5.74) is 0.764. The molecule has 0 bridgehead atoms. The van der Waals surface area contributed by atoms with Crippen LogP contribution in [0.2, 0.25) is 0 Å². The molecule has 1 aliphatic rings. The number of amides is 1. The van der Waals surface area contributed by atoms with Crippen molar-refractivity contribution in [1.29, 1.82) is 0 Å². The predicted octanol–water partition coefficient (Wildman–Crippen LogP) is 3.68. The molecule has 1 fully saturated rings. The molecule has 0 radical (unpaired) electrons. The second kappa shape index (κ2) is 8.21. The summed E-state index contributed by atoms with van der Waals surface area (Å²) in [5, 5.41) is 9.24. The Kier molecular flexibility index (Phi) is 5.76. The molecule has 0 saturated carbocycles. The molecule has 2 aromatic rings. The van der Waals surface area contributed by atoms with E-state index in [2.05, 4.69) is 0 Å². The molecule has 5 nitrogen and oxygen atoms in total. The van der Waals surface area contributed by atoms with E-state index < -0.39 is 6.10 Å². The molecule has 5 heteroatoms. The molecule has 1 N–H and O–H groups in total. The lowest BCUT2D eigenvalue weighted by molar-refractivity contribution is -0.140. The third-order valence-electron chi connectivity index (χ3n) is 4.65. The van der Waals surface area contributed by atoms with Crippen molar-refractivity contribution in [2.75, 3.05) is 6.54 Å². The molecule has 134 valence electrons. The third kappa shape index (κ3) is 4.23. The van der Waals surface area contributed by atoms with Crippen molar-refractivity contribution in [2.45, 2.75) is 51.4 Å². The molecular formula is C20H25NO4. The van der Waals surface area contributed by atoms with Crippen LogP contribution in [0.5, 0.6) is 5.75 Å². The number of hydrogen-bond donors (Lipinski definition) is 1. The van der Waals surface area contributed by atoms with Gasteiger partial charge in [-0.05, 0) is 49.6 Å². The van der Waals surface area contributed by atoms with Crippen molar-refractivity contribution in [3.8, 4) is 5.75 Å². The molecule has 1 saturated heterocycles. The summed E-state index contributed by atoms with van der Waals surface area (Å²) in [7, 11) is 0. The maximum absolute atomic E-state index is 13.0. The molecular weight excluding hydrogens is 318 g/mol. The van der Waals surface area contributed by atoms with Crippen molar-refractivity contribution in [2.24, 2.45) is 0 Å². The average molecular weight is 343 g/mol. The fourth-order valence-electron chi connectivity index (χ4n) is 3.35. The molecule has 2 atom stereocenters. The monoisotopic (exact) mass is 343 g/mol. The predicted molar refractivity (Wildman–Crippen MR) is 94.1 cm³/mol. The Hall–Kier alpha value is -2.27. The molecule has 0 aliphatic carbocycles. The summed E-state index contributed by atoms with van der Waals surface area (Å²) >= 11 is 0. The fourth-order valence-corrected chi connectivity index (χ4v) is 3.35. The standard InChI is InChI=1S/C20H25NO4/c1-15(25-17-8-5-7-16(13-17)14-22)20(23)21-11-4-2-3-9-18(21)19-10-6-12-24-19/h5-8,10,12-13,15,18,22H,2-4,9,11,14H2,1H3. The molecule has 2 heterocycles. The van der Waals surface area contributed by atoms with Crippen LogP contribution in [0.3, 0.4) is 0 Å². The number of carbonyl (C=O) groups is 1. The van der Waals surface area contributed by atoms with Crippen LogP contribution in [-0.4, -0.2) is 28.6 Å². The second-order valence-corrected chi connectivity index (χ2v) is 6.48. The quantitative estimate of drug-likeness (QED) is 0.899. The van der Waals surface area contributed by atoms with Gasteiger partial charge >= 0.3 is 0 Å². The zero-order valence-electron chi connectivity index (χ0n) is 14.6. The minimum atomic E-state index is -0.593. The lowest BCUT2D eigenvalue weighted by Gasteiger charge is -2.31. The molecule has 0 spiro atoms. The maximum atomic E-state index is 13.0. The largest absolute Gasteiger partial charge is 0.481 e. The highest BCUT2D eigenvalue weighted by molar-refractivity contribution is 5.81. The smallest absolute Gasteiger partial charge is 0.263 e. The van der Waals surface area contributed by atoms with Gasteiger partial charge in [0.2, 0.25) is 0 Å². The Labute approximate surface area is 148 Å². The minimum absolute atomic E-state index is 0.0279. The van der Waals surface area contributed by atoms with Gasteiger partial charge in [-0.25, -0.2) is 0 Å². The lowest BCUT2D eigenvalue weighted by Crippen LogP contribution is -2.42. The SMILES string of the molecule is CC(Oc1cccc(CO)c1)C(=O)N1CCCCCC1c1ccco1. The van der Waals surface area contributed by atoms with Gasteiger partial charge in [0.05, 0.1) is 18.9 Å². The van der Waals surface area contributed by atoms with Gasteiger partial charge in [0, 0.05) is 6.54 Å². The fraction of sp³-hybridized carbons (Fsp3) is 0.450. The van der Waals surface area contributed by atoms with E-state index in [1.165, 1.54) is 0 Å². The first-order valence-electron chi connectivity index (χ1n) is 8.89. The van der Waals surface area contributed by atoms with Gasteiger partial charge in [-0.1, -0.05) is 25.0 Å². The summed E-state index contributed by atoms with van der Waals surface area (Å²) in [6.45, 7) is 2.44. The van der Waals surface area contributed by atoms with Crippen LogP contribution in [0.15, 0.2) is 47.1 Å². The number of rotatable bonds is 5. The van der Waals surface area contributed by atoms with Gasteiger partial charge in [-0.2, -0.15) is 0 Å². The molecule has 1 aromatic heterocycles.